The van der Waals surface area contributed by atoms with Crippen LogP contribution in [0, 0.1) is 18.6 Å². The summed E-state index contributed by atoms with van der Waals surface area (Å²) in [5, 5.41) is 7.06. The third-order valence-electron chi connectivity index (χ3n) is 3.54. The first kappa shape index (κ1) is 15.9. The minimum Gasteiger partial charge on any atom is -0.324 e. The lowest BCUT2D eigenvalue weighted by Gasteiger charge is -2.06. The number of amides is 1. The van der Waals surface area contributed by atoms with Gasteiger partial charge in [-0.05, 0) is 61.5 Å². The zero-order valence-corrected chi connectivity index (χ0v) is 13.0. The minimum atomic E-state index is -0.361. The Labute approximate surface area is 137 Å². The van der Waals surface area contributed by atoms with Gasteiger partial charge in [0.15, 0.2) is 0 Å². The van der Waals surface area contributed by atoms with Gasteiger partial charge in [-0.15, -0.1) is 0 Å². The van der Waals surface area contributed by atoms with Crippen molar-refractivity contribution in [1.29, 1.82) is 0 Å². The number of halogens is 2. The number of aryl methyl sites for hydroxylation is 1. The molecule has 0 saturated carbocycles. The van der Waals surface area contributed by atoms with Gasteiger partial charge < -0.3 is 5.32 Å². The highest BCUT2D eigenvalue weighted by Crippen LogP contribution is 2.19. The van der Waals surface area contributed by atoms with Gasteiger partial charge in [-0.1, -0.05) is 0 Å². The summed E-state index contributed by atoms with van der Waals surface area (Å²) >= 11 is 0. The molecule has 0 spiro atoms. The van der Waals surface area contributed by atoms with Gasteiger partial charge in [-0.2, -0.15) is 5.10 Å². The summed E-state index contributed by atoms with van der Waals surface area (Å²) in [4.78, 5) is 12.1. The van der Waals surface area contributed by atoms with E-state index < -0.39 is 0 Å². The number of carbonyl (C=O) groups is 1. The summed E-state index contributed by atoms with van der Waals surface area (Å²) in [7, 11) is 0. The molecule has 3 rings (SSSR count). The molecule has 1 heterocycles. The summed E-state index contributed by atoms with van der Waals surface area (Å²) in [6.45, 7) is 1.87. The highest BCUT2D eigenvalue weighted by atomic mass is 19.1. The SMILES string of the molecule is Cc1cc(-c2ccc(F)cc2)nn1CC(=O)Nc1ccc(F)cc1. The molecule has 24 heavy (non-hydrogen) atoms. The summed E-state index contributed by atoms with van der Waals surface area (Å²) < 4.78 is 27.4. The van der Waals surface area contributed by atoms with Gasteiger partial charge in [0, 0.05) is 16.9 Å². The molecule has 3 aromatic rings. The van der Waals surface area contributed by atoms with Crippen LogP contribution in [0.15, 0.2) is 54.6 Å². The molecule has 0 atom stereocenters. The second kappa shape index (κ2) is 6.62. The normalized spacial score (nSPS) is 10.6. The predicted octanol–water partition coefficient (Wildman–Crippen LogP) is 3.78. The number of anilines is 1. The largest absolute Gasteiger partial charge is 0.324 e. The van der Waals surface area contributed by atoms with Crippen molar-refractivity contribution in [3.05, 3.63) is 71.9 Å². The molecule has 0 fully saturated rings. The molecule has 0 unspecified atom stereocenters. The molecule has 0 aliphatic heterocycles. The van der Waals surface area contributed by atoms with E-state index in [1.165, 1.54) is 36.4 Å². The predicted molar refractivity (Wildman–Crippen MR) is 87.4 cm³/mol. The van der Waals surface area contributed by atoms with E-state index in [-0.39, 0.29) is 24.1 Å². The molecule has 1 N–H and O–H groups in total. The molecular weight excluding hydrogens is 312 g/mol. The van der Waals surface area contributed by atoms with E-state index in [0.717, 1.165) is 11.3 Å². The van der Waals surface area contributed by atoms with Gasteiger partial charge >= 0.3 is 0 Å². The Hall–Kier alpha value is -3.02. The summed E-state index contributed by atoms with van der Waals surface area (Å²) in [6, 6.07) is 13.4. The van der Waals surface area contributed by atoms with Crippen molar-refractivity contribution in [2.45, 2.75) is 13.5 Å². The lowest BCUT2D eigenvalue weighted by molar-refractivity contribution is -0.116. The Morgan fingerprint density at radius 3 is 2.25 bits per heavy atom. The van der Waals surface area contributed by atoms with E-state index in [4.69, 9.17) is 0 Å². The maximum atomic E-state index is 13.0. The minimum absolute atomic E-state index is 0.0321. The van der Waals surface area contributed by atoms with E-state index in [1.54, 1.807) is 16.8 Å². The fourth-order valence-corrected chi connectivity index (χ4v) is 2.30. The van der Waals surface area contributed by atoms with Crippen molar-refractivity contribution in [3.8, 4) is 11.3 Å². The van der Waals surface area contributed by atoms with Crippen LogP contribution >= 0.6 is 0 Å². The molecule has 1 amide bonds. The van der Waals surface area contributed by atoms with Crippen molar-refractivity contribution in [1.82, 2.24) is 9.78 Å². The van der Waals surface area contributed by atoms with Crippen LogP contribution < -0.4 is 5.32 Å². The number of aromatic nitrogens is 2. The first-order valence-electron chi connectivity index (χ1n) is 7.37. The van der Waals surface area contributed by atoms with Gasteiger partial charge in [0.05, 0.1) is 5.69 Å². The van der Waals surface area contributed by atoms with Crippen LogP contribution in [0.25, 0.3) is 11.3 Å². The van der Waals surface area contributed by atoms with E-state index in [2.05, 4.69) is 10.4 Å². The highest BCUT2D eigenvalue weighted by Gasteiger charge is 2.10. The van der Waals surface area contributed by atoms with Crippen LogP contribution in [-0.4, -0.2) is 15.7 Å². The van der Waals surface area contributed by atoms with E-state index in [0.29, 0.717) is 11.4 Å². The third kappa shape index (κ3) is 3.65. The molecule has 0 aliphatic rings. The molecule has 122 valence electrons. The van der Waals surface area contributed by atoms with Crippen LogP contribution in [0.1, 0.15) is 5.69 Å². The van der Waals surface area contributed by atoms with Crippen molar-refractivity contribution in [2.24, 2.45) is 0 Å². The maximum absolute atomic E-state index is 13.0. The monoisotopic (exact) mass is 327 g/mol. The Morgan fingerprint density at radius 1 is 1.04 bits per heavy atom. The van der Waals surface area contributed by atoms with Crippen molar-refractivity contribution in [3.63, 3.8) is 0 Å². The summed E-state index contributed by atoms with van der Waals surface area (Å²) in [5.74, 6) is -0.938. The quantitative estimate of drug-likeness (QED) is 0.793. The lowest BCUT2D eigenvalue weighted by Crippen LogP contribution is -2.20. The Kier molecular flexibility index (Phi) is 4.37. The van der Waals surface area contributed by atoms with Gasteiger partial charge in [0.1, 0.15) is 18.2 Å². The van der Waals surface area contributed by atoms with Gasteiger partial charge in [-0.3, -0.25) is 9.48 Å². The topological polar surface area (TPSA) is 46.9 Å². The van der Waals surface area contributed by atoms with Crippen molar-refractivity contribution < 1.29 is 13.6 Å². The van der Waals surface area contributed by atoms with Crippen LogP contribution in [0.2, 0.25) is 0 Å². The molecule has 0 aliphatic carbocycles. The van der Waals surface area contributed by atoms with Crippen LogP contribution in [-0.2, 0) is 11.3 Å². The first-order chi connectivity index (χ1) is 11.5. The second-order valence-corrected chi connectivity index (χ2v) is 5.39. The zero-order chi connectivity index (χ0) is 17.1. The summed E-state index contributed by atoms with van der Waals surface area (Å²) in [5.41, 5.74) is 2.77. The Morgan fingerprint density at radius 2 is 1.62 bits per heavy atom. The Balaban J connectivity index is 1.72. The average Bonchev–Trinajstić information content (AvgIpc) is 2.91. The van der Waals surface area contributed by atoms with Crippen molar-refractivity contribution in [2.75, 3.05) is 5.32 Å². The number of hydrogen-bond acceptors (Lipinski definition) is 2. The van der Waals surface area contributed by atoms with Crippen molar-refractivity contribution >= 4 is 11.6 Å². The fourth-order valence-electron chi connectivity index (χ4n) is 2.30. The molecule has 4 nitrogen and oxygen atoms in total. The van der Waals surface area contributed by atoms with Gasteiger partial charge in [-0.25, -0.2) is 8.78 Å². The second-order valence-electron chi connectivity index (χ2n) is 5.39. The Bertz CT molecular complexity index is 855. The molecule has 0 bridgehead atoms. The number of nitrogens with zero attached hydrogens (tertiary/aromatic N) is 2. The van der Waals surface area contributed by atoms with E-state index in [1.807, 2.05) is 13.0 Å². The molecule has 2 aromatic carbocycles. The standard InChI is InChI=1S/C18H15F2N3O/c1-12-10-17(13-2-4-14(19)5-3-13)22-23(12)11-18(24)21-16-8-6-15(20)7-9-16/h2-10H,11H2,1H3,(H,21,24). The summed E-state index contributed by atoms with van der Waals surface area (Å²) in [6.07, 6.45) is 0. The molecule has 1 aromatic heterocycles. The molecular formula is C18H15F2N3O. The van der Waals surface area contributed by atoms with E-state index >= 15 is 0 Å². The number of benzene rings is 2. The fraction of sp³-hybridized carbons (Fsp3) is 0.111. The third-order valence-corrected chi connectivity index (χ3v) is 3.54. The molecule has 6 heteroatoms. The van der Waals surface area contributed by atoms with Crippen LogP contribution in [0.5, 0.6) is 0 Å². The number of hydrogen-bond donors (Lipinski definition) is 1. The molecule has 0 radical (unpaired) electrons. The average molecular weight is 327 g/mol. The number of nitrogens with one attached hydrogen (secondary N) is 1. The van der Waals surface area contributed by atoms with Crippen LogP contribution in [0.4, 0.5) is 14.5 Å². The van der Waals surface area contributed by atoms with E-state index in [9.17, 15) is 13.6 Å². The highest BCUT2D eigenvalue weighted by molar-refractivity contribution is 5.90. The lowest BCUT2D eigenvalue weighted by atomic mass is 10.1. The molecule has 0 saturated heterocycles. The smallest absolute Gasteiger partial charge is 0.246 e. The van der Waals surface area contributed by atoms with Crippen LogP contribution in [0.3, 0.4) is 0 Å². The maximum Gasteiger partial charge on any atom is 0.246 e. The van der Waals surface area contributed by atoms with Gasteiger partial charge in [0.2, 0.25) is 5.91 Å². The van der Waals surface area contributed by atoms with Gasteiger partial charge in [0.25, 0.3) is 0 Å². The number of carbonyl (C=O) groups excluding carboxylic acids is 1. The first-order valence-corrected chi connectivity index (χ1v) is 7.37. The zero-order valence-electron chi connectivity index (χ0n) is 13.0. The number of rotatable bonds is 4.